The first-order valence-electron chi connectivity index (χ1n) is 6.50. The van der Waals surface area contributed by atoms with Crippen LogP contribution >= 0.6 is 0 Å². The maximum atomic E-state index is 12.7. The van der Waals surface area contributed by atoms with Gasteiger partial charge in [0, 0.05) is 25.2 Å². The number of nitrogens with two attached hydrogens (primary N) is 1. The summed E-state index contributed by atoms with van der Waals surface area (Å²) >= 11 is 0. The van der Waals surface area contributed by atoms with Crippen LogP contribution in [0.4, 0.5) is 5.69 Å². The molecule has 0 saturated heterocycles. The summed E-state index contributed by atoms with van der Waals surface area (Å²) in [7, 11) is -3.62. The van der Waals surface area contributed by atoms with Crippen molar-refractivity contribution in [2.45, 2.75) is 39.0 Å². The van der Waals surface area contributed by atoms with Crippen molar-refractivity contribution < 1.29 is 8.42 Å². The first-order valence-corrected chi connectivity index (χ1v) is 7.94. The maximum Gasteiger partial charge on any atom is 0.243 e. The van der Waals surface area contributed by atoms with Gasteiger partial charge in [-0.2, -0.15) is 9.57 Å². The molecule has 1 rings (SSSR count). The van der Waals surface area contributed by atoms with E-state index in [1.807, 2.05) is 13.0 Å². The SMILES string of the molecule is CCN(CCC#N)S(=O)(=O)c1c(C)cc(C)c(N)c1C. The minimum absolute atomic E-state index is 0.173. The number of nitrogens with zero attached hydrogens (tertiary/aromatic N) is 2. The second-order valence-corrected chi connectivity index (χ2v) is 6.66. The molecule has 1 aromatic rings. The van der Waals surface area contributed by atoms with Crippen LogP contribution in [0.3, 0.4) is 0 Å². The van der Waals surface area contributed by atoms with Crippen molar-refractivity contribution in [3.63, 3.8) is 0 Å². The van der Waals surface area contributed by atoms with E-state index in [2.05, 4.69) is 0 Å². The maximum absolute atomic E-state index is 12.7. The van der Waals surface area contributed by atoms with E-state index < -0.39 is 10.0 Å². The van der Waals surface area contributed by atoms with E-state index in [0.717, 1.165) is 5.56 Å². The molecule has 20 heavy (non-hydrogen) atoms. The Labute approximate surface area is 121 Å². The molecule has 0 fully saturated rings. The zero-order chi connectivity index (χ0) is 15.5. The number of sulfonamides is 1. The van der Waals surface area contributed by atoms with Crippen LogP contribution < -0.4 is 5.73 Å². The molecule has 0 radical (unpaired) electrons. The average molecular weight is 295 g/mol. The summed E-state index contributed by atoms with van der Waals surface area (Å²) in [5.41, 5.74) is 8.60. The van der Waals surface area contributed by atoms with Crippen LogP contribution in [0.25, 0.3) is 0 Å². The minimum atomic E-state index is -3.62. The highest BCUT2D eigenvalue weighted by molar-refractivity contribution is 7.89. The van der Waals surface area contributed by atoms with Crippen LogP contribution in [0.1, 0.15) is 30.0 Å². The number of rotatable bonds is 5. The summed E-state index contributed by atoms with van der Waals surface area (Å²) in [5.74, 6) is 0. The van der Waals surface area contributed by atoms with Gasteiger partial charge in [-0.05, 0) is 37.5 Å². The summed E-state index contributed by atoms with van der Waals surface area (Å²) < 4.78 is 26.8. The van der Waals surface area contributed by atoms with Crippen LogP contribution in [-0.2, 0) is 10.0 Å². The Kier molecular flexibility index (Phi) is 5.15. The largest absolute Gasteiger partial charge is 0.398 e. The molecule has 1 aromatic carbocycles. The summed E-state index contributed by atoms with van der Waals surface area (Å²) in [5, 5.41) is 8.65. The molecule has 5 nitrogen and oxygen atoms in total. The van der Waals surface area contributed by atoms with E-state index in [-0.39, 0.29) is 17.9 Å². The molecule has 6 heteroatoms. The van der Waals surface area contributed by atoms with E-state index >= 15 is 0 Å². The van der Waals surface area contributed by atoms with Gasteiger partial charge in [-0.25, -0.2) is 8.42 Å². The summed E-state index contributed by atoms with van der Waals surface area (Å²) in [6.07, 6.45) is 0.173. The molecule has 0 amide bonds. The number of hydrogen-bond acceptors (Lipinski definition) is 4. The Bertz CT molecular complexity index is 645. The van der Waals surface area contributed by atoms with Crippen LogP contribution in [0, 0.1) is 32.1 Å². The van der Waals surface area contributed by atoms with Gasteiger partial charge in [-0.15, -0.1) is 0 Å². The van der Waals surface area contributed by atoms with E-state index in [4.69, 9.17) is 11.0 Å². The van der Waals surface area contributed by atoms with E-state index in [1.165, 1.54) is 4.31 Å². The molecule has 110 valence electrons. The number of anilines is 1. The van der Waals surface area contributed by atoms with Crippen molar-refractivity contribution in [1.29, 1.82) is 5.26 Å². The predicted molar refractivity (Wildman–Crippen MR) is 79.7 cm³/mol. The molecule has 0 aliphatic heterocycles. The third kappa shape index (κ3) is 2.94. The fraction of sp³-hybridized carbons (Fsp3) is 0.500. The molecular weight excluding hydrogens is 274 g/mol. The van der Waals surface area contributed by atoms with Crippen molar-refractivity contribution in [3.8, 4) is 6.07 Å². The molecule has 0 aromatic heterocycles. The predicted octanol–water partition coefficient (Wildman–Crippen LogP) is 2.12. The number of benzene rings is 1. The summed E-state index contributed by atoms with van der Waals surface area (Å²) in [6, 6.07) is 3.76. The van der Waals surface area contributed by atoms with Crippen LogP contribution in [0.15, 0.2) is 11.0 Å². The van der Waals surface area contributed by atoms with Crippen molar-refractivity contribution >= 4 is 15.7 Å². The molecular formula is C14H21N3O2S. The number of nitriles is 1. The Balaban J connectivity index is 3.43. The van der Waals surface area contributed by atoms with Gasteiger partial charge in [0.2, 0.25) is 10.0 Å². The molecule has 0 aliphatic carbocycles. The van der Waals surface area contributed by atoms with Crippen LogP contribution in [0.5, 0.6) is 0 Å². The second kappa shape index (κ2) is 6.25. The Hall–Kier alpha value is -1.58. The molecule has 0 aliphatic rings. The second-order valence-electron chi connectivity index (χ2n) is 4.78. The first kappa shape index (κ1) is 16.5. The smallest absolute Gasteiger partial charge is 0.243 e. The Morgan fingerprint density at radius 1 is 1.30 bits per heavy atom. The molecule has 0 heterocycles. The van der Waals surface area contributed by atoms with E-state index in [9.17, 15) is 8.42 Å². The zero-order valence-corrected chi connectivity index (χ0v) is 13.2. The quantitative estimate of drug-likeness (QED) is 0.843. The Morgan fingerprint density at radius 2 is 1.90 bits per heavy atom. The highest BCUT2D eigenvalue weighted by Gasteiger charge is 2.27. The lowest BCUT2D eigenvalue weighted by Gasteiger charge is -2.23. The lowest BCUT2D eigenvalue weighted by Crippen LogP contribution is -2.33. The molecule has 0 atom stereocenters. The van der Waals surface area contributed by atoms with Crippen molar-refractivity contribution in [2.75, 3.05) is 18.8 Å². The van der Waals surface area contributed by atoms with Gasteiger partial charge < -0.3 is 5.73 Å². The fourth-order valence-electron chi connectivity index (χ4n) is 2.33. The van der Waals surface area contributed by atoms with E-state index in [0.29, 0.717) is 23.4 Å². The van der Waals surface area contributed by atoms with Crippen molar-refractivity contribution in [2.24, 2.45) is 0 Å². The third-order valence-corrected chi connectivity index (χ3v) is 5.65. The lowest BCUT2D eigenvalue weighted by atomic mass is 10.1. The van der Waals surface area contributed by atoms with Gasteiger partial charge in [-0.3, -0.25) is 0 Å². The molecule has 0 bridgehead atoms. The van der Waals surface area contributed by atoms with Crippen molar-refractivity contribution in [3.05, 3.63) is 22.8 Å². The number of hydrogen-bond donors (Lipinski definition) is 1. The summed E-state index contributed by atoms with van der Waals surface area (Å²) in [6.45, 7) is 7.64. The van der Waals surface area contributed by atoms with Gasteiger partial charge in [0.15, 0.2) is 0 Å². The highest BCUT2D eigenvalue weighted by atomic mass is 32.2. The van der Waals surface area contributed by atoms with Gasteiger partial charge in [-0.1, -0.05) is 13.0 Å². The highest BCUT2D eigenvalue weighted by Crippen LogP contribution is 2.30. The minimum Gasteiger partial charge on any atom is -0.398 e. The standard InChI is InChI=1S/C14H21N3O2S/c1-5-17(8-6-7-15)20(18,19)14-11(3)9-10(2)13(16)12(14)4/h9H,5-6,8,16H2,1-4H3. The molecule has 2 N–H and O–H groups in total. The van der Waals surface area contributed by atoms with Gasteiger partial charge >= 0.3 is 0 Å². The summed E-state index contributed by atoms with van der Waals surface area (Å²) in [4.78, 5) is 0.264. The molecule has 0 spiro atoms. The van der Waals surface area contributed by atoms with Gasteiger partial charge in [0.1, 0.15) is 0 Å². The van der Waals surface area contributed by atoms with E-state index in [1.54, 1.807) is 26.8 Å². The van der Waals surface area contributed by atoms with Gasteiger partial charge in [0.05, 0.1) is 11.0 Å². The van der Waals surface area contributed by atoms with Crippen LogP contribution in [0.2, 0.25) is 0 Å². The number of aryl methyl sites for hydroxylation is 2. The normalized spacial score (nSPS) is 11.6. The van der Waals surface area contributed by atoms with Gasteiger partial charge in [0.25, 0.3) is 0 Å². The molecule has 0 saturated carbocycles. The first-order chi connectivity index (χ1) is 9.27. The molecule has 0 unspecified atom stereocenters. The number of nitrogen functional groups attached to an aromatic ring is 1. The Morgan fingerprint density at radius 3 is 2.40 bits per heavy atom. The lowest BCUT2D eigenvalue weighted by molar-refractivity contribution is 0.434. The topological polar surface area (TPSA) is 87.2 Å². The third-order valence-electron chi connectivity index (χ3n) is 3.38. The van der Waals surface area contributed by atoms with Crippen molar-refractivity contribution in [1.82, 2.24) is 4.31 Å². The average Bonchev–Trinajstić information content (AvgIpc) is 2.36. The monoisotopic (exact) mass is 295 g/mol. The van der Waals surface area contributed by atoms with Crippen LogP contribution in [-0.4, -0.2) is 25.8 Å². The zero-order valence-electron chi connectivity index (χ0n) is 12.4. The fourth-order valence-corrected chi connectivity index (χ4v) is 4.22.